The second-order valence-electron chi connectivity index (χ2n) is 3.34. The van der Waals surface area contributed by atoms with Crippen LogP contribution in [-0.2, 0) is 9.84 Å². The van der Waals surface area contributed by atoms with Crippen LogP contribution in [-0.4, -0.2) is 13.9 Å². The SMILES string of the molecule is O=S(=O)(c1cc[c]c2ccccc12)C(F)(F)F. The van der Waals surface area contributed by atoms with Crippen molar-refractivity contribution in [2.24, 2.45) is 0 Å². The Morgan fingerprint density at radius 3 is 2.35 bits per heavy atom. The molecule has 0 spiro atoms. The molecule has 0 unspecified atom stereocenters. The van der Waals surface area contributed by atoms with Crippen LogP contribution in [0.25, 0.3) is 10.8 Å². The lowest BCUT2D eigenvalue weighted by molar-refractivity contribution is -0.0435. The van der Waals surface area contributed by atoms with E-state index >= 15 is 0 Å². The summed E-state index contributed by atoms with van der Waals surface area (Å²) in [5.41, 5.74) is -5.29. The zero-order valence-corrected chi connectivity index (χ0v) is 9.14. The minimum absolute atomic E-state index is 0.0207. The van der Waals surface area contributed by atoms with Crippen LogP contribution in [0.2, 0.25) is 0 Å². The van der Waals surface area contributed by atoms with Crippen molar-refractivity contribution in [3.8, 4) is 0 Å². The maximum Gasteiger partial charge on any atom is 0.501 e. The quantitative estimate of drug-likeness (QED) is 0.789. The van der Waals surface area contributed by atoms with Crippen molar-refractivity contribution in [3.05, 3.63) is 42.5 Å². The lowest BCUT2D eigenvalue weighted by Gasteiger charge is -2.10. The lowest BCUT2D eigenvalue weighted by Crippen LogP contribution is -2.23. The standard InChI is InChI=1S/C11H6F3O2S/c12-11(13,14)17(15,16)10-7-3-5-8-4-1-2-6-9(8)10/h1-4,6-7H. The minimum Gasteiger partial charge on any atom is -0.214 e. The van der Waals surface area contributed by atoms with Crippen LogP contribution in [0.15, 0.2) is 41.3 Å². The average molecular weight is 259 g/mol. The molecule has 2 nitrogen and oxygen atoms in total. The van der Waals surface area contributed by atoms with Crippen LogP contribution in [0.1, 0.15) is 0 Å². The predicted octanol–water partition coefficient (Wildman–Crippen LogP) is 2.93. The fourth-order valence-corrected chi connectivity index (χ4v) is 2.44. The lowest BCUT2D eigenvalue weighted by atomic mass is 10.1. The van der Waals surface area contributed by atoms with Crippen LogP contribution in [0, 0.1) is 6.07 Å². The van der Waals surface area contributed by atoms with Crippen molar-refractivity contribution < 1.29 is 21.6 Å². The minimum atomic E-state index is -5.32. The molecule has 1 radical (unpaired) electrons. The molecule has 0 aliphatic heterocycles. The second-order valence-corrected chi connectivity index (χ2v) is 5.25. The monoisotopic (exact) mass is 259 g/mol. The molecule has 0 N–H and O–H groups in total. The number of hydrogen-bond donors (Lipinski definition) is 0. The smallest absolute Gasteiger partial charge is 0.214 e. The molecule has 2 aromatic carbocycles. The molecule has 0 aromatic heterocycles. The van der Waals surface area contributed by atoms with Gasteiger partial charge in [0.1, 0.15) is 0 Å². The van der Waals surface area contributed by atoms with Crippen LogP contribution in [0.4, 0.5) is 13.2 Å². The number of rotatable bonds is 1. The van der Waals surface area contributed by atoms with E-state index in [-0.39, 0.29) is 5.39 Å². The van der Waals surface area contributed by atoms with E-state index in [1.54, 1.807) is 6.07 Å². The Hall–Kier alpha value is -1.56. The summed E-state index contributed by atoms with van der Waals surface area (Å²) in [4.78, 5) is -0.737. The number of fused-ring (bicyclic) bond motifs is 1. The molecule has 0 saturated carbocycles. The van der Waals surface area contributed by atoms with Crippen molar-refractivity contribution in [3.63, 3.8) is 0 Å². The van der Waals surface area contributed by atoms with Gasteiger partial charge < -0.3 is 0 Å². The van der Waals surface area contributed by atoms with E-state index in [0.29, 0.717) is 5.39 Å². The topological polar surface area (TPSA) is 34.1 Å². The van der Waals surface area contributed by atoms with Crippen molar-refractivity contribution in [1.82, 2.24) is 0 Å². The van der Waals surface area contributed by atoms with E-state index in [1.165, 1.54) is 24.3 Å². The molecular weight excluding hydrogens is 253 g/mol. The second kappa shape index (κ2) is 3.73. The first-order chi connectivity index (χ1) is 7.84. The van der Waals surface area contributed by atoms with Gasteiger partial charge in [0.05, 0.1) is 4.90 Å². The Bertz CT molecular complexity index is 654. The van der Waals surface area contributed by atoms with Gasteiger partial charge in [-0.05, 0) is 17.5 Å². The van der Waals surface area contributed by atoms with E-state index in [9.17, 15) is 21.6 Å². The normalized spacial score (nSPS) is 12.9. The van der Waals surface area contributed by atoms with Gasteiger partial charge in [0, 0.05) is 5.39 Å². The molecule has 0 aliphatic rings. The van der Waals surface area contributed by atoms with Gasteiger partial charge in [0.25, 0.3) is 9.84 Å². The number of benzene rings is 2. The molecule has 0 fully saturated rings. The molecule has 89 valence electrons. The van der Waals surface area contributed by atoms with Gasteiger partial charge in [0.2, 0.25) is 0 Å². The zero-order valence-electron chi connectivity index (χ0n) is 8.32. The van der Waals surface area contributed by atoms with E-state index in [2.05, 4.69) is 6.07 Å². The molecule has 0 saturated heterocycles. The highest BCUT2D eigenvalue weighted by atomic mass is 32.2. The van der Waals surface area contributed by atoms with E-state index in [4.69, 9.17) is 0 Å². The summed E-state index contributed by atoms with van der Waals surface area (Å²) in [7, 11) is -5.32. The summed E-state index contributed by atoms with van der Waals surface area (Å²) in [5, 5.41) is 0.352. The third kappa shape index (κ3) is 1.88. The first-order valence-corrected chi connectivity index (χ1v) is 6.03. The molecule has 0 atom stereocenters. The summed E-state index contributed by atoms with van der Waals surface area (Å²) in [6.07, 6.45) is 0. The van der Waals surface area contributed by atoms with E-state index < -0.39 is 20.2 Å². The Kier molecular flexibility index (Phi) is 2.61. The maximum absolute atomic E-state index is 12.4. The first kappa shape index (κ1) is 11.9. The number of sulfone groups is 1. The van der Waals surface area contributed by atoms with Gasteiger partial charge in [-0.25, -0.2) is 8.42 Å². The van der Waals surface area contributed by atoms with Crippen LogP contribution >= 0.6 is 0 Å². The highest BCUT2D eigenvalue weighted by Gasteiger charge is 2.47. The van der Waals surface area contributed by atoms with Crippen LogP contribution < -0.4 is 0 Å². The highest BCUT2D eigenvalue weighted by Crippen LogP contribution is 2.33. The largest absolute Gasteiger partial charge is 0.501 e. The molecule has 2 aromatic rings. The molecular formula is C11H6F3O2S. The van der Waals surface area contributed by atoms with Crippen molar-refractivity contribution in [1.29, 1.82) is 0 Å². The van der Waals surface area contributed by atoms with Crippen LogP contribution in [0.3, 0.4) is 0 Å². The summed E-state index contributed by atoms with van der Waals surface area (Å²) in [6, 6.07) is 10.7. The Balaban J connectivity index is 2.82. The molecule has 0 aliphatic carbocycles. The van der Waals surface area contributed by atoms with E-state index in [1.807, 2.05) is 0 Å². The summed E-state index contributed by atoms with van der Waals surface area (Å²) in [5.74, 6) is 0. The molecule has 0 bridgehead atoms. The van der Waals surface area contributed by atoms with Gasteiger partial charge in [-0.3, -0.25) is 0 Å². The van der Waals surface area contributed by atoms with E-state index in [0.717, 1.165) is 6.07 Å². The predicted molar refractivity (Wildman–Crippen MR) is 56.0 cm³/mol. The fourth-order valence-electron chi connectivity index (χ4n) is 1.48. The summed E-state index contributed by atoms with van der Waals surface area (Å²) >= 11 is 0. The third-order valence-corrected chi connectivity index (χ3v) is 3.80. The highest BCUT2D eigenvalue weighted by molar-refractivity contribution is 7.92. The van der Waals surface area contributed by atoms with Crippen molar-refractivity contribution in [2.75, 3.05) is 0 Å². The number of halogens is 3. The number of alkyl halides is 3. The third-order valence-electron chi connectivity index (χ3n) is 2.26. The van der Waals surface area contributed by atoms with Gasteiger partial charge in [0.15, 0.2) is 0 Å². The molecule has 0 amide bonds. The Labute approximate surface area is 95.6 Å². The molecule has 6 heteroatoms. The van der Waals surface area contributed by atoms with Gasteiger partial charge >= 0.3 is 5.51 Å². The van der Waals surface area contributed by atoms with Crippen molar-refractivity contribution in [2.45, 2.75) is 10.4 Å². The number of hydrogen-bond acceptors (Lipinski definition) is 2. The Morgan fingerprint density at radius 2 is 1.71 bits per heavy atom. The Morgan fingerprint density at radius 1 is 1.06 bits per heavy atom. The van der Waals surface area contributed by atoms with Crippen LogP contribution in [0.5, 0.6) is 0 Å². The summed E-state index contributed by atoms with van der Waals surface area (Å²) in [6.45, 7) is 0. The molecule has 2 rings (SSSR count). The summed E-state index contributed by atoms with van der Waals surface area (Å²) < 4.78 is 60.0. The van der Waals surface area contributed by atoms with Gasteiger partial charge in [-0.1, -0.05) is 30.3 Å². The average Bonchev–Trinajstić information content (AvgIpc) is 2.26. The molecule has 17 heavy (non-hydrogen) atoms. The zero-order chi connectivity index (χ0) is 12.7. The van der Waals surface area contributed by atoms with Gasteiger partial charge in [-0.15, -0.1) is 0 Å². The maximum atomic E-state index is 12.4. The van der Waals surface area contributed by atoms with Crippen molar-refractivity contribution >= 4 is 20.6 Å². The molecule has 0 heterocycles. The van der Waals surface area contributed by atoms with Gasteiger partial charge in [-0.2, -0.15) is 13.2 Å². The fraction of sp³-hybridized carbons (Fsp3) is 0.0909. The first-order valence-electron chi connectivity index (χ1n) is 4.55.